The molecule has 1 amide bonds. The molecule has 0 spiro atoms. The van der Waals surface area contributed by atoms with Crippen molar-refractivity contribution in [2.75, 3.05) is 11.9 Å². The van der Waals surface area contributed by atoms with Gasteiger partial charge in [0.05, 0.1) is 17.6 Å². The number of amides is 1. The first-order chi connectivity index (χ1) is 13.5. The summed E-state index contributed by atoms with van der Waals surface area (Å²) < 4.78 is 5.37. The molecule has 0 aromatic carbocycles. The molecule has 5 aliphatic rings. The van der Waals surface area contributed by atoms with Crippen LogP contribution >= 0.6 is 11.3 Å². The highest BCUT2D eigenvalue weighted by molar-refractivity contribution is 7.17. The maximum absolute atomic E-state index is 13.5. The summed E-state index contributed by atoms with van der Waals surface area (Å²) in [7, 11) is 0. The van der Waals surface area contributed by atoms with Gasteiger partial charge in [0.1, 0.15) is 5.00 Å². The van der Waals surface area contributed by atoms with E-state index in [1.807, 2.05) is 6.92 Å². The third-order valence-electron chi connectivity index (χ3n) is 7.74. The minimum atomic E-state index is -0.268. The number of thiophene rings is 1. The molecule has 5 heteroatoms. The van der Waals surface area contributed by atoms with Gasteiger partial charge in [-0.05, 0) is 93.9 Å². The number of nitrogens with one attached hydrogen (secondary N) is 1. The number of anilines is 1. The number of esters is 1. The summed E-state index contributed by atoms with van der Waals surface area (Å²) >= 11 is 1.62. The molecule has 0 aliphatic heterocycles. The molecule has 28 heavy (non-hydrogen) atoms. The highest BCUT2D eigenvalue weighted by Crippen LogP contribution is 2.60. The molecular weight excluding hydrogens is 370 g/mol. The molecule has 152 valence electrons. The van der Waals surface area contributed by atoms with Crippen molar-refractivity contribution >= 4 is 28.2 Å². The van der Waals surface area contributed by atoms with Gasteiger partial charge in [0.15, 0.2) is 0 Å². The summed E-state index contributed by atoms with van der Waals surface area (Å²) in [6, 6.07) is 0. The molecule has 1 N–H and O–H groups in total. The van der Waals surface area contributed by atoms with E-state index >= 15 is 0 Å². The van der Waals surface area contributed by atoms with Gasteiger partial charge in [0.2, 0.25) is 5.91 Å². The van der Waals surface area contributed by atoms with Crippen molar-refractivity contribution in [3.63, 3.8) is 0 Å². The second kappa shape index (κ2) is 6.86. The van der Waals surface area contributed by atoms with Gasteiger partial charge in [-0.2, -0.15) is 0 Å². The number of carbonyl (C=O) groups is 2. The first-order valence-corrected chi connectivity index (χ1v) is 11.9. The van der Waals surface area contributed by atoms with Crippen molar-refractivity contribution in [2.24, 2.45) is 29.1 Å². The van der Waals surface area contributed by atoms with Crippen LogP contribution in [0.5, 0.6) is 0 Å². The topological polar surface area (TPSA) is 55.4 Å². The van der Waals surface area contributed by atoms with E-state index in [1.54, 1.807) is 11.3 Å². The van der Waals surface area contributed by atoms with Crippen LogP contribution in [0, 0.1) is 29.1 Å². The first kappa shape index (κ1) is 18.7. The molecule has 4 bridgehead atoms. The minimum Gasteiger partial charge on any atom is -0.462 e. The highest BCUT2D eigenvalue weighted by atomic mass is 32.1. The molecule has 1 aromatic rings. The van der Waals surface area contributed by atoms with Crippen molar-refractivity contribution in [2.45, 2.75) is 71.6 Å². The van der Waals surface area contributed by atoms with Gasteiger partial charge in [-0.1, -0.05) is 6.92 Å². The molecule has 4 saturated carbocycles. The van der Waals surface area contributed by atoms with Crippen molar-refractivity contribution < 1.29 is 14.3 Å². The maximum Gasteiger partial charge on any atom is 0.341 e. The molecule has 1 atom stereocenters. The van der Waals surface area contributed by atoms with E-state index < -0.39 is 0 Å². The quantitative estimate of drug-likeness (QED) is 0.705. The van der Waals surface area contributed by atoms with Crippen LogP contribution in [0.2, 0.25) is 0 Å². The Morgan fingerprint density at radius 1 is 1.14 bits per heavy atom. The highest BCUT2D eigenvalue weighted by Gasteiger charge is 2.54. The van der Waals surface area contributed by atoms with Gasteiger partial charge < -0.3 is 10.1 Å². The van der Waals surface area contributed by atoms with Crippen LogP contribution in [0.1, 0.15) is 79.6 Å². The van der Waals surface area contributed by atoms with E-state index in [9.17, 15) is 9.59 Å². The summed E-state index contributed by atoms with van der Waals surface area (Å²) in [6.45, 7) is 4.47. The largest absolute Gasteiger partial charge is 0.462 e. The standard InChI is InChI=1S/C23H31NO3S/c1-3-27-21(25)19-17-5-4-13(2)6-18(17)28-20(19)24-22(26)23-10-14-7-15(11-23)9-16(8-14)12-23/h13-16H,3-12H2,1-2H3,(H,24,26)/t13-,14?,15?,16?,23?/m0/s1. The Bertz CT molecular complexity index is 776. The van der Waals surface area contributed by atoms with Crippen LogP contribution in [0.3, 0.4) is 0 Å². The Kier molecular flexibility index (Phi) is 4.57. The van der Waals surface area contributed by atoms with Gasteiger partial charge in [-0.3, -0.25) is 4.79 Å². The summed E-state index contributed by atoms with van der Waals surface area (Å²) in [4.78, 5) is 27.5. The van der Waals surface area contributed by atoms with Gasteiger partial charge in [0, 0.05) is 4.88 Å². The van der Waals surface area contributed by atoms with E-state index in [2.05, 4.69) is 12.2 Å². The summed E-state index contributed by atoms with van der Waals surface area (Å²) in [6.07, 6.45) is 10.1. The van der Waals surface area contributed by atoms with Crippen LogP contribution in [0.15, 0.2) is 0 Å². The lowest BCUT2D eigenvalue weighted by Crippen LogP contribution is -2.51. The van der Waals surface area contributed by atoms with E-state index in [0.717, 1.165) is 66.8 Å². The molecule has 1 aromatic heterocycles. The molecule has 4 nitrogen and oxygen atoms in total. The third-order valence-corrected chi connectivity index (χ3v) is 8.91. The van der Waals surface area contributed by atoms with E-state index in [-0.39, 0.29) is 17.3 Å². The van der Waals surface area contributed by atoms with E-state index in [1.165, 1.54) is 24.1 Å². The Balaban J connectivity index is 1.45. The molecular formula is C23H31NO3S. The Morgan fingerprint density at radius 2 is 1.79 bits per heavy atom. The molecule has 0 radical (unpaired) electrons. The first-order valence-electron chi connectivity index (χ1n) is 11.1. The number of hydrogen-bond donors (Lipinski definition) is 1. The SMILES string of the molecule is CCOC(=O)c1c(NC(=O)C23CC4CC(CC(C4)C2)C3)sc2c1CC[C@H](C)C2. The van der Waals surface area contributed by atoms with Crippen LogP contribution < -0.4 is 5.32 Å². The summed E-state index contributed by atoms with van der Waals surface area (Å²) in [5.41, 5.74) is 1.58. The van der Waals surface area contributed by atoms with Crippen LogP contribution in [0.25, 0.3) is 0 Å². The van der Waals surface area contributed by atoms with Crippen molar-refractivity contribution in [3.8, 4) is 0 Å². The summed E-state index contributed by atoms with van der Waals surface area (Å²) in [5.74, 6) is 2.74. The number of rotatable bonds is 4. The lowest BCUT2D eigenvalue weighted by Gasteiger charge is -2.55. The van der Waals surface area contributed by atoms with Crippen molar-refractivity contribution in [1.29, 1.82) is 0 Å². The Morgan fingerprint density at radius 3 is 2.39 bits per heavy atom. The molecule has 5 aliphatic carbocycles. The fourth-order valence-electron chi connectivity index (χ4n) is 6.88. The Hall–Kier alpha value is -1.36. The van der Waals surface area contributed by atoms with Crippen molar-refractivity contribution in [1.82, 2.24) is 0 Å². The number of ether oxygens (including phenoxy) is 1. The smallest absolute Gasteiger partial charge is 0.341 e. The predicted octanol–water partition coefficient (Wildman–Crippen LogP) is 5.20. The van der Waals surface area contributed by atoms with Gasteiger partial charge >= 0.3 is 5.97 Å². The second-order valence-electron chi connectivity index (χ2n) is 9.93. The molecule has 6 rings (SSSR count). The average Bonchev–Trinajstić information content (AvgIpc) is 2.97. The van der Waals surface area contributed by atoms with Crippen molar-refractivity contribution in [3.05, 3.63) is 16.0 Å². The second-order valence-corrected chi connectivity index (χ2v) is 11.0. The summed E-state index contributed by atoms with van der Waals surface area (Å²) in [5, 5.41) is 4.01. The fourth-order valence-corrected chi connectivity index (χ4v) is 8.28. The van der Waals surface area contributed by atoms with Crippen LogP contribution in [-0.2, 0) is 22.4 Å². The van der Waals surface area contributed by atoms with E-state index in [4.69, 9.17) is 4.74 Å². The molecule has 0 unspecified atom stereocenters. The molecule has 1 heterocycles. The zero-order chi connectivity index (χ0) is 19.5. The lowest BCUT2D eigenvalue weighted by atomic mass is 9.49. The third kappa shape index (κ3) is 3.01. The predicted molar refractivity (Wildman–Crippen MR) is 111 cm³/mol. The fraction of sp³-hybridized carbons (Fsp3) is 0.739. The van der Waals surface area contributed by atoms with Gasteiger partial charge in [-0.15, -0.1) is 11.3 Å². The van der Waals surface area contributed by atoms with Gasteiger partial charge in [-0.25, -0.2) is 4.79 Å². The van der Waals surface area contributed by atoms with E-state index in [0.29, 0.717) is 18.1 Å². The van der Waals surface area contributed by atoms with Gasteiger partial charge in [0.25, 0.3) is 0 Å². The zero-order valence-electron chi connectivity index (χ0n) is 17.0. The monoisotopic (exact) mass is 401 g/mol. The zero-order valence-corrected chi connectivity index (χ0v) is 17.8. The number of hydrogen-bond acceptors (Lipinski definition) is 4. The maximum atomic E-state index is 13.5. The number of carbonyl (C=O) groups excluding carboxylic acids is 2. The average molecular weight is 402 g/mol. The van der Waals surface area contributed by atoms with Crippen LogP contribution in [-0.4, -0.2) is 18.5 Å². The normalized spacial score (nSPS) is 35.5. The Labute approximate surface area is 171 Å². The molecule has 4 fully saturated rings. The number of fused-ring (bicyclic) bond motifs is 1. The molecule has 0 saturated heterocycles. The minimum absolute atomic E-state index is 0.170. The lowest BCUT2D eigenvalue weighted by molar-refractivity contribution is -0.140. The van der Waals surface area contributed by atoms with Crippen LogP contribution in [0.4, 0.5) is 5.00 Å².